The molecule has 0 saturated carbocycles. The Kier molecular flexibility index (Phi) is 4.62. The van der Waals surface area contributed by atoms with E-state index in [4.69, 9.17) is 9.84 Å². The molecule has 31 heavy (non-hydrogen) atoms. The summed E-state index contributed by atoms with van der Waals surface area (Å²) in [6, 6.07) is 13.8. The molecule has 0 bridgehead atoms. The van der Waals surface area contributed by atoms with Crippen molar-refractivity contribution < 1.29 is 9.13 Å². The zero-order valence-electron chi connectivity index (χ0n) is 16.8. The van der Waals surface area contributed by atoms with Gasteiger partial charge in [0.2, 0.25) is 0 Å². The number of benzene rings is 2. The van der Waals surface area contributed by atoms with Gasteiger partial charge in [0.1, 0.15) is 35.0 Å². The van der Waals surface area contributed by atoms with E-state index in [1.807, 2.05) is 31.2 Å². The summed E-state index contributed by atoms with van der Waals surface area (Å²) in [6.45, 7) is 1.94. The van der Waals surface area contributed by atoms with Crippen molar-refractivity contribution in [2.24, 2.45) is 0 Å². The van der Waals surface area contributed by atoms with Gasteiger partial charge in [-0.2, -0.15) is 5.10 Å². The Balaban J connectivity index is 1.59. The summed E-state index contributed by atoms with van der Waals surface area (Å²) in [6.07, 6.45) is 4.92. The minimum atomic E-state index is -0.371. The van der Waals surface area contributed by atoms with Gasteiger partial charge in [0, 0.05) is 11.8 Å². The fraction of sp³-hybridized carbons (Fsp3) is 0.136. The van der Waals surface area contributed by atoms with Crippen LogP contribution in [0.2, 0.25) is 0 Å². The number of hydrogen-bond acceptors (Lipinski definition) is 6. The van der Waals surface area contributed by atoms with Crippen LogP contribution in [0, 0.1) is 5.82 Å². The number of fused-ring (bicyclic) bond motifs is 1. The Morgan fingerprint density at radius 2 is 1.97 bits per heavy atom. The van der Waals surface area contributed by atoms with E-state index in [0.29, 0.717) is 17.0 Å². The van der Waals surface area contributed by atoms with Gasteiger partial charge in [-0.25, -0.2) is 23.7 Å². The minimum absolute atomic E-state index is 0.294. The molecule has 0 aliphatic heterocycles. The van der Waals surface area contributed by atoms with Gasteiger partial charge < -0.3 is 4.74 Å². The van der Waals surface area contributed by atoms with Crippen LogP contribution in [0.1, 0.15) is 18.7 Å². The monoisotopic (exact) mass is 415 g/mol. The van der Waals surface area contributed by atoms with Crippen LogP contribution < -0.4 is 4.74 Å². The van der Waals surface area contributed by atoms with Crippen molar-refractivity contribution in [1.29, 1.82) is 0 Å². The highest BCUT2D eigenvalue weighted by Crippen LogP contribution is 2.31. The van der Waals surface area contributed by atoms with Crippen LogP contribution in [0.4, 0.5) is 4.39 Å². The second-order valence-corrected chi connectivity index (χ2v) is 7.00. The van der Waals surface area contributed by atoms with E-state index in [-0.39, 0.29) is 11.9 Å². The number of nitrogens with zero attached hydrogens (tertiary/aromatic N) is 7. The summed E-state index contributed by atoms with van der Waals surface area (Å²) < 4.78 is 22.7. The van der Waals surface area contributed by atoms with Crippen LogP contribution in [-0.4, -0.2) is 41.9 Å². The average Bonchev–Trinajstić information content (AvgIpc) is 3.45. The smallest absolute Gasteiger partial charge is 0.162 e. The zero-order valence-corrected chi connectivity index (χ0v) is 16.8. The number of hydrogen-bond donors (Lipinski definition) is 0. The maximum Gasteiger partial charge on any atom is 0.162 e. The molecule has 0 aliphatic carbocycles. The molecule has 8 nitrogen and oxygen atoms in total. The summed E-state index contributed by atoms with van der Waals surface area (Å²) in [4.78, 5) is 8.61. The topological polar surface area (TPSA) is 83.5 Å². The highest BCUT2D eigenvalue weighted by molar-refractivity contribution is 5.90. The first-order chi connectivity index (χ1) is 15.2. The lowest BCUT2D eigenvalue weighted by Crippen LogP contribution is -2.10. The molecule has 0 saturated heterocycles. The second-order valence-electron chi connectivity index (χ2n) is 7.00. The van der Waals surface area contributed by atoms with Crippen LogP contribution in [0.3, 0.4) is 0 Å². The summed E-state index contributed by atoms with van der Waals surface area (Å²) in [5, 5.41) is 14.0. The van der Waals surface area contributed by atoms with Crippen molar-refractivity contribution in [3.8, 4) is 22.7 Å². The number of methoxy groups -OCH3 is 1. The average molecular weight is 415 g/mol. The van der Waals surface area contributed by atoms with Gasteiger partial charge in [0.15, 0.2) is 5.65 Å². The molecule has 5 aromatic rings. The Bertz CT molecular complexity index is 1380. The van der Waals surface area contributed by atoms with E-state index >= 15 is 0 Å². The normalized spacial score (nSPS) is 12.2. The van der Waals surface area contributed by atoms with Gasteiger partial charge >= 0.3 is 0 Å². The fourth-order valence-electron chi connectivity index (χ4n) is 3.48. The third-order valence-electron chi connectivity index (χ3n) is 5.12. The molecule has 1 unspecified atom stereocenters. The van der Waals surface area contributed by atoms with Gasteiger partial charge in [-0.05, 0) is 31.2 Å². The third kappa shape index (κ3) is 3.29. The predicted molar refractivity (Wildman–Crippen MR) is 112 cm³/mol. The van der Waals surface area contributed by atoms with E-state index in [1.165, 1.54) is 17.1 Å². The van der Waals surface area contributed by atoms with Gasteiger partial charge in [-0.3, -0.25) is 0 Å². The van der Waals surface area contributed by atoms with Crippen molar-refractivity contribution in [1.82, 2.24) is 34.7 Å². The minimum Gasteiger partial charge on any atom is -0.497 e. The van der Waals surface area contributed by atoms with Gasteiger partial charge in [-0.15, -0.1) is 5.10 Å². The Hall–Kier alpha value is -4.14. The van der Waals surface area contributed by atoms with Crippen molar-refractivity contribution >= 4 is 11.0 Å². The van der Waals surface area contributed by atoms with Crippen LogP contribution in [0.25, 0.3) is 28.0 Å². The summed E-state index contributed by atoms with van der Waals surface area (Å²) in [7, 11) is 1.62. The molecule has 3 aromatic heterocycles. The first kappa shape index (κ1) is 18.9. The first-order valence-corrected chi connectivity index (χ1v) is 9.65. The highest BCUT2D eigenvalue weighted by atomic mass is 19.1. The maximum atomic E-state index is 14.1. The van der Waals surface area contributed by atoms with Crippen molar-refractivity contribution in [2.75, 3.05) is 7.11 Å². The van der Waals surface area contributed by atoms with E-state index in [2.05, 4.69) is 20.3 Å². The van der Waals surface area contributed by atoms with E-state index in [0.717, 1.165) is 22.4 Å². The van der Waals surface area contributed by atoms with E-state index < -0.39 is 0 Å². The Labute approximate surface area is 177 Å². The fourth-order valence-corrected chi connectivity index (χ4v) is 3.48. The van der Waals surface area contributed by atoms with Crippen LogP contribution >= 0.6 is 0 Å². The van der Waals surface area contributed by atoms with E-state index in [1.54, 1.807) is 42.4 Å². The van der Waals surface area contributed by atoms with Gasteiger partial charge in [-0.1, -0.05) is 29.5 Å². The molecule has 3 heterocycles. The number of ether oxygens (including phenoxy) is 1. The van der Waals surface area contributed by atoms with Gasteiger partial charge in [0.05, 0.1) is 24.7 Å². The summed E-state index contributed by atoms with van der Waals surface area (Å²) in [5.74, 6) is 0.363. The molecular formula is C22H18FN7O. The quantitative estimate of drug-likeness (QED) is 0.434. The molecule has 0 aliphatic rings. The third-order valence-corrected chi connectivity index (χ3v) is 5.12. The van der Waals surface area contributed by atoms with Crippen molar-refractivity contribution in [2.45, 2.75) is 13.0 Å². The van der Waals surface area contributed by atoms with Crippen molar-refractivity contribution in [3.05, 3.63) is 78.8 Å². The Morgan fingerprint density at radius 3 is 2.81 bits per heavy atom. The summed E-state index contributed by atoms with van der Waals surface area (Å²) >= 11 is 0. The van der Waals surface area contributed by atoms with Gasteiger partial charge in [0.25, 0.3) is 0 Å². The SMILES string of the molecule is COc1cccc(-c2nn(C(C)c3cn(-c4ccccc4F)nn3)c3ncncc23)c1. The number of halogens is 1. The lowest BCUT2D eigenvalue weighted by molar-refractivity contribution is 0.415. The maximum absolute atomic E-state index is 14.1. The standard InChI is InChI=1S/C22H18FN7O/c1-14(19-12-29(28-26-19)20-9-4-3-8-18(20)23)30-22-17(11-24-13-25-22)21(27-30)15-6-5-7-16(10-15)31-2/h3-14H,1-2H3. The van der Waals surface area contributed by atoms with E-state index in [9.17, 15) is 4.39 Å². The molecule has 0 spiro atoms. The Morgan fingerprint density at radius 1 is 1.10 bits per heavy atom. The lowest BCUT2D eigenvalue weighted by atomic mass is 10.1. The molecule has 0 fully saturated rings. The summed E-state index contributed by atoms with van der Waals surface area (Å²) in [5.41, 5.74) is 3.25. The number of rotatable bonds is 5. The molecule has 0 N–H and O–H groups in total. The van der Waals surface area contributed by atoms with Crippen LogP contribution in [0.15, 0.2) is 67.3 Å². The number of para-hydroxylation sites is 1. The molecule has 154 valence electrons. The molecular weight excluding hydrogens is 397 g/mol. The highest BCUT2D eigenvalue weighted by Gasteiger charge is 2.21. The molecule has 0 radical (unpaired) electrons. The molecule has 1 atom stereocenters. The predicted octanol–water partition coefficient (Wildman–Crippen LogP) is 3.83. The second kappa shape index (κ2) is 7.60. The lowest BCUT2D eigenvalue weighted by Gasteiger charge is -2.09. The zero-order chi connectivity index (χ0) is 21.4. The molecule has 5 rings (SSSR count). The van der Waals surface area contributed by atoms with Crippen LogP contribution in [0.5, 0.6) is 5.75 Å². The van der Waals surface area contributed by atoms with Crippen molar-refractivity contribution in [3.63, 3.8) is 0 Å². The van der Waals surface area contributed by atoms with Crippen LogP contribution in [-0.2, 0) is 0 Å². The molecule has 0 amide bonds. The molecule has 2 aromatic carbocycles. The number of aromatic nitrogens is 7. The first-order valence-electron chi connectivity index (χ1n) is 9.65. The molecule has 9 heteroatoms. The largest absolute Gasteiger partial charge is 0.497 e.